The zero-order valence-electron chi connectivity index (χ0n) is 15.4. The van der Waals surface area contributed by atoms with Gasteiger partial charge < -0.3 is 15.5 Å². The maximum atomic E-state index is 12.1. The second-order valence-electron chi connectivity index (χ2n) is 6.36. The summed E-state index contributed by atoms with van der Waals surface area (Å²) in [5.74, 6) is -0.134. The molecule has 0 aliphatic carbocycles. The van der Waals surface area contributed by atoms with Crippen LogP contribution in [0.15, 0.2) is 24.3 Å². The lowest BCUT2D eigenvalue weighted by molar-refractivity contribution is -0.125. The molecule has 2 amide bonds. The van der Waals surface area contributed by atoms with Gasteiger partial charge in [-0.25, -0.2) is 0 Å². The molecule has 134 valence electrons. The van der Waals surface area contributed by atoms with Crippen molar-refractivity contribution >= 4 is 17.5 Å². The second kappa shape index (κ2) is 9.93. The fourth-order valence-electron chi connectivity index (χ4n) is 2.22. The maximum Gasteiger partial charge on any atom is 0.234 e. The van der Waals surface area contributed by atoms with Crippen molar-refractivity contribution in [1.29, 1.82) is 0 Å². The summed E-state index contributed by atoms with van der Waals surface area (Å²) in [6.45, 7) is 7.37. The number of carbonyl (C=O) groups excluding carboxylic acids is 2. The van der Waals surface area contributed by atoms with Crippen LogP contribution in [-0.2, 0) is 16.1 Å². The van der Waals surface area contributed by atoms with E-state index in [9.17, 15) is 9.59 Å². The van der Waals surface area contributed by atoms with Gasteiger partial charge in [0, 0.05) is 32.4 Å². The number of hydrogen-bond acceptors (Lipinski definition) is 4. The van der Waals surface area contributed by atoms with Gasteiger partial charge in [0.1, 0.15) is 0 Å². The third-order valence-corrected chi connectivity index (χ3v) is 3.57. The molecule has 0 heterocycles. The topological polar surface area (TPSA) is 64.7 Å². The molecule has 0 atom stereocenters. The van der Waals surface area contributed by atoms with Crippen LogP contribution in [0.5, 0.6) is 0 Å². The lowest BCUT2D eigenvalue weighted by Gasteiger charge is -2.20. The zero-order valence-corrected chi connectivity index (χ0v) is 15.4. The van der Waals surface area contributed by atoms with Gasteiger partial charge >= 0.3 is 0 Å². The third-order valence-electron chi connectivity index (χ3n) is 3.57. The number of anilines is 1. The molecule has 1 aromatic carbocycles. The SMILES string of the molecule is CCN(CC(=O)NCc1ccc(N(C)C)cc1)CC(=O)NC(C)C. The van der Waals surface area contributed by atoms with E-state index in [0.717, 1.165) is 11.3 Å². The standard InChI is InChI=1S/C18H30N4O2/c1-6-22(13-18(24)20-14(2)3)12-17(23)19-11-15-7-9-16(10-8-15)21(4)5/h7-10,14H,6,11-13H2,1-5H3,(H,19,23)(H,20,24). The molecule has 0 saturated heterocycles. The molecule has 24 heavy (non-hydrogen) atoms. The van der Waals surface area contributed by atoms with Crippen molar-refractivity contribution < 1.29 is 9.59 Å². The average molecular weight is 334 g/mol. The molecule has 0 bridgehead atoms. The number of carbonyl (C=O) groups is 2. The smallest absolute Gasteiger partial charge is 0.234 e. The Labute approximate surface area is 145 Å². The fourth-order valence-corrected chi connectivity index (χ4v) is 2.22. The second-order valence-corrected chi connectivity index (χ2v) is 6.36. The van der Waals surface area contributed by atoms with Gasteiger partial charge in [-0.3, -0.25) is 14.5 Å². The highest BCUT2D eigenvalue weighted by Crippen LogP contribution is 2.11. The number of nitrogens with zero attached hydrogens (tertiary/aromatic N) is 2. The van der Waals surface area contributed by atoms with Gasteiger partial charge in [0.05, 0.1) is 13.1 Å². The highest BCUT2D eigenvalue weighted by Gasteiger charge is 2.13. The molecule has 0 aliphatic rings. The minimum Gasteiger partial charge on any atom is -0.378 e. The van der Waals surface area contributed by atoms with Gasteiger partial charge in [-0.05, 0) is 38.1 Å². The predicted molar refractivity (Wildman–Crippen MR) is 98.0 cm³/mol. The molecule has 6 heteroatoms. The van der Waals surface area contributed by atoms with E-state index in [2.05, 4.69) is 10.6 Å². The molecule has 0 aromatic heterocycles. The van der Waals surface area contributed by atoms with Crippen LogP contribution in [0.4, 0.5) is 5.69 Å². The number of rotatable bonds is 9. The summed E-state index contributed by atoms with van der Waals surface area (Å²) in [5.41, 5.74) is 2.17. The van der Waals surface area contributed by atoms with Crippen molar-refractivity contribution in [2.24, 2.45) is 0 Å². The Morgan fingerprint density at radius 2 is 1.62 bits per heavy atom. The van der Waals surface area contributed by atoms with Crippen LogP contribution in [-0.4, -0.2) is 56.5 Å². The van der Waals surface area contributed by atoms with E-state index in [1.54, 1.807) is 0 Å². The molecule has 0 spiro atoms. The van der Waals surface area contributed by atoms with E-state index in [0.29, 0.717) is 13.1 Å². The van der Waals surface area contributed by atoms with Crippen molar-refractivity contribution in [3.05, 3.63) is 29.8 Å². The van der Waals surface area contributed by atoms with Gasteiger partial charge in [0.2, 0.25) is 11.8 Å². The molecule has 2 N–H and O–H groups in total. The predicted octanol–water partition coefficient (Wildman–Crippen LogP) is 1.22. The summed E-state index contributed by atoms with van der Waals surface area (Å²) in [5, 5.41) is 5.74. The average Bonchev–Trinajstić information content (AvgIpc) is 2.51. The summed E-state index contributed by atoms with van der Waals surface area (Å²) < 4.78 is 0. The Hall–Kier alpha value is -2.08. The van der Waals surface area contributed by atoms with Gasteiger partial charge in [-0.1, -0.05) is 19.1 Å². The Balaban J connectivity index is 2.42. The summed E-state index contributed by atoms with van der Waals surface area (Å²) in [6, 6.07) is 8.16. The van der Waals surface area contributed by atoms with Gasteiger partial charge in [-0.15, -0.1) is 0 Å². The molecule has 6 nitrogen and oxygen atoms in total. The van der Waals surface area contributed by atoms with Crippen molar-refractivity contribution in [1.82, 2.24) is 15.5 Å². The lowest BCUT2D eigenvalue weighted by Crippen LogP contribution is -2.44. The van der Waals surface area contributed by atoms with Crippen LogP contribution in [0, 0.1) is 0 Å². The number of likely N-dealkylation sites (N-methyl/N-ethyl adjacent to an activating group) is 1. The lowest BCUT2D eigenvalue weighted by atomic mass is 10.2. The molecule has 1 rings (SSSR count). The molecule has 1 aromatic rings. The quantitative estimate of drug-likeness (QED) is 0.713. The van der Waals surface area contributed by atoms with E-state index in [1.807, 2.05) is 68.9 Å². The molecule has 0 saturated carbocycles. The minimum atomic E-state index is -0.0779. The van der Waals surface area contributed by atoms with Crippen LogP contribution in [0.2, 0.25) is 0 Å². The largest absolute Gasteiger partial charge is 0.378 e. The highest BCUT2D eigenvalue weighted by molar-refractivity contribution is 5.81. The first-order valence-electron chi connectivity index (χ1n) is 8.36. The first-order valence-corrected chi connectivity index (χ1v) is 8.36. The van der Waals surface area contributed by atoms with Gasteiger partial charge in [-0.2, -0.15) is 0 Å². The summed E-state index contributed by atoms with van der Waals surface area (Å²) in [4.78, 5) is 27.7. The Bertz CT molecular complexity index is 526. The molecule has 0 unspecified atom stereocenters. The number of nitrogens with one attached hydrogen (secondary N) is 2. The summed E-state index contributed by atoms with van der Waals surface area (Å²) in [6.07, 6.45) is 0. The monoisotopic (exact) mass is 334 g/mol. The van der Waals surface area contributed by atoms with Crippen molar-refractivity contribution in [3.8, 4) is 0 Å². The van der Waals surface area contributed by atoms with Crippen LogP contribution in [0.1, 0.15) is 26.3 Å². The van der Waals surface area contributed by atoms with Crippen LogP contribution < -0.4 is 15.5 Å². The third kappa shape index (κ3) is 7.46. The number of amides is 2. The molecule has 0 fully saturated rings. The Morgan fingerprint density at radius 3 is 2.12 bits per heavy atom. The molecular formula is C18H30N4O2. The molecule has 0 aliphatic heterocycles. The Kier molecular flexibility index (Phi) is 8.26. The molecular weight excluding hydrogens is 304 g/mol. The maximum absolute atomic E-state index is 12.1. The van der Waals surface area contributed by atoms with E-state index >= 15 is 0 Å². The van der Waals surface area contributed by atoms with Crippen molar-refractivity contribution in [2.75, 3.05) is 38.6 Å². The zero-order chi connectivity index (χ0) is 18.1. The van der Waals surface area contributed by atoms with E-state index in [1.165, 1.54) is 0 Å². The minimum absolute atomic E-state index is 0.0566. The number of benzene rings is 1. The first kappa shape index (κ1) is 20.0. The van der Waals surface area contributed by atoms with E-state index in [-0.39, 0.29) is 30.9 Å². The normalized spacial score (nSPS) is 10.8. The van der Waals surface area contributed by atoms with Crippen LogP contribution >= 0.6 is 0 Å². The van der Waals surface area contributed by atoms with Crippen LogP contribution in [0.3, 0.4) is 0 Å². The summed E-state index contributed by atoms with van der Waals surface area (Å²) >= 11 is 0. The van der Waals surface area contributed by atoms with Crippen molar-refractivity contribution in [2.45, 2.75) is 33.4 Å². The van der Waals surface area contributed by atoms with Gasteiger partial charge in [0.15, 0.2) is 0 Å². The van der Waals surface area contributed by atoms with Gasteiger partial charge in [0.25, 0.3) is 0 Å². The number of hydrogen-bond donors (Lipinski definition) is 2. The van der Waals surface area contributed by atoms with Crippen LogP contribution in [0.25, 0.3) is 0 Å². The molecule has 0 radical (unpaired) electrons. The van der Waals surface area contributed by atoms with E-state index in [4.69, 9.17) is 0 Å². The van der Waals surface area contributed by atoms with E-state index < -0.39 is 0 Å². The first-order chi connectivity index (χ1) is 11.3. The fraction of sp³-hybridized carbons (Fsp3) is 0.556. The highest BCUT2D eigenvalue weighted by atomic mass is 16.2. The summed E-state index contributed by atoms with van der Waals surface area (Å²) in [7, 11) is 3.98. The Morgan fingerprint density at radius 1 is 1.04 bits per heavy atom. The van der Waals surface area contributed by atoms with Crippen molar-refractivity contribution in [3.63, 3.8) is 0 Å².